The van der Waals surface area contributed by atoms with Gasteiger partial charge < -0.3 is 21.1 Å². The number of aliphatic hydroxyl groups excluding tert-OH is 1. The van der Waals surface area contributed by atoms with Crippen molar-refractivity contribution in [3.05, 3.63) is 66.2 Å². The number of nitrogens with two attached hydrogens (primary N) is 2. The molecule has 1 atom stereocenters. The summed E-state index contributed by atoms with van der Waals surface area (Å²) in [5.41, 5.74) is 11.8. The molecule has 3 aromatic rings. The van der Waals surface area contributed by atoms with Crippen molar-refractivity contribution >= 4 is 22.6 Å². The fourth-order valence-corrected chi connectivity index (χ4v) is 3.12. The lowest BCUT2D eigenvalue weighted by atomic mass is 9.99. The van der Waals surface area contributed by atoms with Crippen molar-refractivity contribution in [2.24, 2.45) is 16.5 Å². The standard InChI is InChI=1S/C20H23N5O2/c21-20(22)24-19(27)18-12-25(13-23-18)11-16(26)9-4-8-15-7-3-6-14-5-1-2-10-17(14)15/h1-3,5-7,10,12-13,16,26H,4,8-9,11H2,(H4,21,22,24,27). The Morgan fingerprint density at radius 2 is 1.96 bits per heavy atom. The van der Waals surface area contributed by atoms with E-state index in [2.05, 4.69) is 40.3 Å². The zero-order valence-electron chi connectivity index (χ0n) is 15.0. The maximum Gasteiger partial charge on any atom is 0.300 e. The number of rotatable bonds is 7. The van der Waals surface area contributed by atoms with E-state index in [1.54, 1.807) is 4.57 Å². The van der Waals surface area contributed by atoms with Crippen molar-refractivity contribution < 1.29 is 9.90 Å². The van der Waals surface area contributed by atoms with Gasteiger partial charge in [-0.05, 0) is 35.6 Å². The number of hydrogen-bond donors (Lipinski definition) is 3. The first kappa shape index (κ1) is 18.6. The predicted octanol–water partition coefficient (Wildman–Crippen LogP) is 1.83. The minimum atomic E-state index is -0.598. The smallest absolute Gasteiger partial charge is 0.300 e. The Bertz CT molecular complexity index is 954. The molecule has 3 rings (SSSR count). The number of aryl methyl sites for hydroxylation is 1. The molecule has 0 spiro atoms. The van der Waals surface area contributed by atoms with Gasteiger partial charge in [-0.3, -0.25) is 4.79 Å². The summed E-state index contributed by atoms with van der Waals surface area (Å²) in [6, 6.07) is 14.6. The number of fused-ring (bicyclic) bond motifs is 1. The Morgan fingerprint density at radius 3 is 2.78 bits per heavy atom. The van der Waals surface area contributed by atoms with E-state index in [-0.39, 0.29) is 11.7 Å². The Morgan fingerprint density at radius 1 is 1.19 bits per heavy atom. The van der Waals surface area contributed by atoms with Crippen molar-refractivity contribution in [1.29, 1.82) is 0 Å². The van der Waals surface area contributed by atoms with Crippen LogP contribution in [0.5, 0.6) is 0 Å². The summed E-state index contributed by atoms with van der Waals surface area (Å²) in [5, 5.41) is 12.8. The fraction of sp³-hybridized carbons (Fsp3) is 0.250. The first-order valence-electron chi connectivity index (χ1n) is 8.83. The van der Waals surface area contributed by atoms with Crippen LogP contribution in [-0.4, -0.2) is 32.6 Å². The zero-order chi connectivity index (χ0) is 19.2. The first-order chi connectivity index (χ1) is 13.0. The minimum Gasteiger partial charge on any atom is -0.391 e. The minimum absolute atomic E-state index is 0.145. The Hall–Kier alpha value is -3.19. The zero-order valence-corrected chi connectivity index (χ0v) is 15.0. The third kappa shape index (κ3) is 4.92. The Labute approximate surface area is 157 Å². The van der Waals surface area contributed by atoms with E-state index < -0.39 is 12.0 Å². The number of hydrogen-bond acceptors (Lipinski definition) is 3. The van der Waals surface area contributed by atoms with Crippen LogP contribution in [0.25, 0.3) is 10.8 Å². The highest BCUT2D eigenvalue weighted by Crippen LogP contribution is 2.20. The Balaban J connectivity index is 1.53. The van der Waals surface area contributed by atoms with Gasteiger partial charge in [0.1, 0.15) is 5.69 Å². The lowest BCUT2D eigenvalue weighted by molar-refractivity contribution is 0.0997. The normalized spacial score (nSPS) is 12.0. The molecular weight excluding hydrogens is 342 g/mol. The van der Waals surface area contributed by atoms with Crippen molar-refractivity contribution in [3.63, 3.8) is 0 Å². The number of nitrogens with zero attached hydrogens (tertiary/aromatic N) is 3. The molecule has 1 amide bonds. The van der Waals surface area contributed by atoms with Gasteiger partial charge in [-0.2, -0.15) is 4.99 Å². The molecule has 0 fully saturated rings. The molecule has 7 heteroatoms. The third-order valence-electron chi connectivity index (χ3n) is 4.37. The monoisotopic (exact) mass is 365 g/mol. The van der Waals surface area contributed by atoms with E-state index in [4.69, 9.17) is 11.5 Å². The Kier molecular flexibility index (Phi) is 5.83. The molecule has 7 nitrogen and oxygen atoms in total. The van der Waals surface area contributed by atoms with Crippen molar-refractivity contribution in [3.8, 4) is 0 Å². The van der Waals surface area contributed by atoms with E-state index in [9.17, 15) is 9.90 Å². The molecule has 140 valence electrons. The summed E-state index contributed by atoms with van der Waals surface area (Å²) < 4.78 is 1.66. The topological polar surface area (TPSA) is 120 Å². The van der Waals surface area contributed by atoms with Crippen LogP contribution in [-0.2, 0) is 13.0 Å². The molecule has 0 aliphatic heterocycles. The second-order valence-corrected chi connectivity index (χ2v) is 6.48. The van der Waals surface area contributed by atoms with Crippen LogP contribution in [0.2, 0.25) is 0 Å². The fourth-order valence-electron chi connectivity index (χ4n) is 3.12. The molecule has 0 aliphatic carbocycles. The number of carbonyl (C=O) groups is 1. The van der Waals surface area contributed by atoms with Gasteiger partial charge in [0.15, 0.2) is 5.96 Å². The number of carbonyl (C=O) groups excluding carboxylic acids is 1. The lowest BCUT2D eigenvalue weighted by Crippen LogP contribution is -2.24. The lowest BCUT2D eigenvalue weighted by Gasteiger charge is -2.12. The van der Waals surface area contributed by atoms with E-state index in [1.807, 2.05) is 12.1 Å². The van der Waals surface area contributed by atoms with Crippen LogP contribution in [0.1, 0.15) is 28.9 Å². The number of aromatic nitrogens is 2. The SMILES string of the molecule is NC(N)=NC(=O)c1cn(CC(O)CCCc2cccc3ccccc23)cn1. The molecule has 0 radical (unpaired) electrons. The van der Waals surface area contributed by atoms with Crippen molar-refractivity contribution in [2.75, 3.05) is 0 Å². The van der Waals surface area contributed by atoms with Crippen LogP contribution < -0.4 is 11.5 Å². The maximum atomic E-state index is 11.7. The summed E-state index contributed by atoms with van der Waals surface area (Å²) in [5.74, 6) is -0.901. The summed E-state index contributed by atoms with van der Waals surface area (Å²) in [6.45, 7) is 0.359. The largest absolute Gasteiger partial charge is 0.391 e. The number of benzene rings is 2. The molecule has 1 heterocycles. The molecule has 0 saturated heterocycles. The van der Waals surface area contributed by atoms with Gasteiger partial charge in [-0.1, -0.05) is 42.5 Å². The van der Waals surface area contributed by atoms with Crippen LogP contribution in [0.3, 0.4) is 0 Å². The number of imidazole rings is 1. The van der Waals surface area contributed by atoms with E-state index in [0.29, 0.717) is 13.0 Å². The van der Waals surface area contributed by atoms with Gasteiger partial charge in [0.05, 0.1) is 12.4 Å². The number of aliphatic imine (C=N–C) groups is 1. The van der Waals surface area contributed by atoms with E-state index in [1.165, 1.54) is 28.9 Å². The summed E-state index contributed by atoms with van der Waals surface area (Å²) in [7, 11) is 0. The number of amides is 1. The number of guanidine groups is 1. The molecule has 27 heavy (non-hydrogen) atoms. The molecule has 0 aliphatic rings. The third-order valence-corrected chi connectivity index (χ3v) is 4.37. The molecule has 0 bridgehead atoms. The summed E-state index contributed by atoms with van der Waals surface area (Å²) >= 11 is 0. The molecule has 1 aromatic heterocycles. The van der Waals surface area contributed by atoms with Crippen LogP contribution >= 0.6 is 0 Å². The second kappa shape index (κ2) is 8.46. The number of aliphatic hydroxyl groups is 1. The summed E-state index contributed by atoms with van der Waals surface area (Å²) in [6.07, 6.45) is 4.91. The molecule has 2 aromatic carbocycles. The molecule has 1 unspecified atom stereocenters. The highest BCUT2D eigenvalue weighted by atomic mass is 16.3. The van der Waals surface area contributed by atoms with Crippen LogP contribution in [0.15, 0.2) is 60.0 Å². The quantitative estimate of drug-likeness (QED) is 0.436. The molecule has 0 saturated carbocycles. The van der Waals surface area contributed by atoms with Gasteiger partial charge >= 0.3 is 0 Å². The van der Waals surface area contributed by atoms with Gasteiger partial charge in [0.25, 0.3) is 5.91 Å². The van der Waals surface area contributed by atoms with Gasteiger partial charge in [-0.15, -0.1) is 0 Å². The summed E-state index contributed by atoms with van der Waals surface area (Å²) in [4.78, 5) is 19.1. The van der Waals surface area contributed by atoms with Crippen LogP contribution in [0.4, 0.5) is 0 Å². The highest BCUT2D eigenvalue weighted by molar-refractivity contribution is 6.00. The first-order valence-corrected chi connectivity index (χ1v) is 8.83. The van der Waals surface area contributed by atoms with Crippen LogP contribution in [0, 0.1) is 0 Å². The van der Waals surface area contributed by atoms with E-state index in [0.717, 1.165) is 12.8 Å². The highest BCUT2D eigenvalue weighted by Gasteiger charge is 2.11. The van der Waals surface area contributed by atoms with Crippen molar-refractivity contribution in [2.45, 2.75) is 31.9 Å². The van der Waals surface area contributed by atoms with E-state index >= 15 is 0 Å². The van der Waals surface area contributed by atoms with Gasteiger partial charge in [0.2, 0.25) is 0 Å². The molecular formula is C20H23N5O2. The molecule has 5 N–H and O–H groups in total. The van der Waals surface area contributed by atoms with Gasteiger partial charge in [0, 0.05) is 12.7 Å². The average Bonchev–Trinajstić information content (AvgIpc) is 3.10. The maximum absolute atomic E-state index is 11.7. The van der Waals surface area contributed by atoms with Crippen molar-refractivity contribution in [1.82, 2.24) is 9.55 Å². The van der Waals surface area contributed by atoms with Gasteiger partial charge in [-0.25, -0.2) is 4.98 Å². The second-order valence-electron chi connectivity index (χ2n) is 6.48. The predicted molar refractivity (Wildman–Crippen MR) is 105 cm³/mol. The average molecular weight is 365 g/mol.